The average Bonchev–Trinajstić information content (AvgIpc) is 2.86. The lowest BCUT2D eigenvalue weighted by Gasteiger charge is -2.10. The van der Waals surface area contributed by atoms with E-state index in [1.54, 1.807) is 7.05 Å². The molecule has 0 fully saturated rings. The maximum atomic E-state index is 12.1. The predicted molar refractivity (Wildman–Crippen MR) is 102 cm³/mol. The molecule has 2 aromatic rings. The molecule has 0 spiro atoms. The molecule has 0 saturated heterocycles. The first-order valence-corrected chi connectivity index (χ1v) is 9.06. The van der Waals surface area contributed by atoms with E-state index in [-0.39, 0.29) is 19.0 Å². The van der Waals surface area contributed by atoms with Gasteiger partial charge in [-0.25, -0.2) is 4.79 Å². The summed E-state index contributed by atoms with van der Waals surface area (Å²) in [4.78, 5) is 35.7. The third-order valence-corrected chi connectivity index (χ3v) is 4.65. The minimum atomic E-state index is -0.447. The van der Waals surface area contributed by atoms with Crippen LogP contribution in [0.5, 0.6) is 0 Å². The summed E-state index contributed by atoms with van der Waals surface area (Å²) in [6.07, 6.45) is 0.762. The number of nitrogens with zero attached hydrogens (tertiary/aromatic N) is 4. The van der Waals surface area contributed by atoms with Crippen LogP contribution in [0.3, 0.4) is 0 Å². The van der Waals surface area contributed by atoms with Crippen LogP contribution in [0.15, 0.2) is 15.7 Å². The molecule has 0 aromatic carbocycles. The van der Waals surface area contributed by atoms with E-state index in [0.717, 1.165) is 28.1 Å². The molecule has 8 nitrogen and oxygen atoms in total. The Hall–Kier alpha value is -2.64. The third-order valence-electron chi connectivity index (χ3n) is 4.65. The number of carbonyl (C=O) groups is 1. The maximum Gasteiger partial charge on any atom is 0.330 e. The summed E-state index contributed by atoms with van der Waals surface area (Å²) < 4.78 is 9.55. The normalized spacial score (nSPS) is 11.2. The van der Waals surface area contributed by atoms with Gasteiger partial charge in [0.25, 0.3) is 5.56 Å². The lowest BCUT2D eigenvalue weighted by atomic mass is 10.1. The van der Waals surface area contributed by atoms with E-state index in [1.807, 2.05) is 18.5 Å². The Balaban J connectivity index is 1.99. The monoisotopic (exact) mass is 376 g/mol. The van der Waals surface area contributed by atoms with Crippen molar-refractivity contribution in [2.75, 3.05) is 0 Å². The van der Waals surface area contributed by atoms with Crippen LogP contribution in [0.25, 0.3) is 0 Å². The Morgan fingerprint density at radius 2 is 1.85 bits per heavy atom. The van der Waals surface area contributed by atoms with Gasteiger partial charge in [0.2, 0.25) is 0 Å². The summed E-state index contributed by atoms with van der Waals surface area (Å²) in [6, 6.07) is 1.30. The molecule has 0 aliphatic carbocycles. The van der Waals surface area contributed by atoms with Crippen LogP contribution in [0.4, 0.5) is 0 Å². The number of esters is 1. The van der Waals surface area contributed by atoms with Gasteiger partial charge in [-0.2, -0.15) is 5.10 Å². The number of hydrogen-bond donors (Lipinski definition) is 0. The average molecular weight is 376 g/mol. The number of hydrogen-bond acceptors (Lipinski definition) is 5. The number of ether oxygens (including phenoxy) is 1. The minimum absolute atomic E-state index is 0.106. The second-order valence-corrected chi connectivity index (χ2v) is 7.26. The molecule has 0 aliphatic heterocycles. The Kier molecular flexibility index (Phi) is 6.41. The van der Waals surface area contributed by atoms with Crippen LogP contribution in [0.1, 0.15) is 42.9 Å². The van der Waals surface area contributed by atoms with Crippen molar-refractivity contribution < 1.29 is 9.53 Å². The molecule has 2 rings (SSSR count). The Bertz CT molecular complexity index is 950. The lowest BCUT2D eigenvalue weighted by molar-refractivity contribution is -0.145. The standard InChI is InChI=1S/C19H28N4O4/c1-12(2)10-23-14(4)16(13(3)20-23)7-8-18(25)27-11-15-9-17(24)22(6)19(26)21(15)5/h9,12H,7-8,10-11H2,1-6H3. The van der Waals surface area contributed by atoms with Gasteiger partial charge in [-0.3, -0.25) is 23.4 Å². The molecule has 0 aliphatic rings. The van der Waals surface area contributed by atoms with Crippen molar-refractivity contribution in [1.82, 2.24) is 18.9 Å². The van der Waals surface area contributed by atoms with Crippen molar-refractivity contribution >= 4 is 5.97 Å². The van der Waals surface area contributed by atoms with Crippen molar-refractivity contribution in [3.8, 4) is 0 Å². The highest BCUT2D eigenvalue weighted by Gasteiger charge is 2.15. The zero-order chi connectivity index (χ0) is 20.3. The van der Waals surface area contributed by atoms with Crippen LogP contribution in [0, 0.1) is 19.8 Å². The number of carbonyl (C=O) groups excluding carboxylic acids is 1. The first-order valence-electron chi connectivity index (χ1n) is 9.06. The Morgan fingerprint density at radius 1 is 1.19 bits per heavy atom. The van der Waals surface area contributed by atoms with Crippen molar-refractivity contribution in [1.29, 1.82) is 0 Å². The lowest BCUT2D eigenvalue weighted by Crippen LogP contribution is -2.38. The van der Waals surface area contributed by atoms with Crippen LogP contribution >= 0.6 is 0 Å². The molecule has 0 radical (unpaired) electrons. The fourth-order valence-electron chi connectivity index (χ4n) is 2.99. The molecule has 0 amide bonds. The smallest absolute Gasteiger partial charge is 0.330 e. The highest BCUT2D eigenvalue weighted by Crippen LogP contribution is 2.17. The maximum absolute atomic E-state index is 12.1. The van der Waals surface area contributed by atoms with Gasteiger partial charge >= 0.3 is 11.7 Å². The predicted octanol–water partition coefficient (Wildman–Crippen LogP) is 1.23. The topological polar surface area (TPSA) is 88.1 Å². The molecule has 8 heteroatoms. The zero-order valence-electron chi connectivity index (χ0n) is 16.9. The number of aryl methyl sites for hydroxylation is 1. The molecular weight excluding hydrogens is 348 g/mol. The molecule has 2 heterocycles. The van der Waals surface area contributed by atoms with Crippen molar-refractivity contribution in [3.63, 3.8) is 0 Å². The molecule has 0 unspecified atom stereocenters. The van der Waals surface area contributed by atoms with E-state index >= 15 is 0 Å². The highest BCUT2D eigenvalue weighted by molar-refractivity contribution is 5.69. The first-order chi connectivity index (χ1) is 12.6. The quantitative estimate of drug-likeness (QED) is 0.678. The van der Waals surface area contributed by atoms with Crippen LogP contribution < -0.4 is 11.2 Å². The van der Waals surface area contributed by atoms with Crippen LogP contribution in [0.2, 0.25) is 0 Å². The third kappa shape index (κ3) is 4.75. The fraction of sp³-hybridized carbons (Fsp3) is 0.579. The van der Waals surface area contributed by atoms with Crippen molar-refractivity contribution in [2.24, 2.45) is 20.0 Å². The van der Waals surface area contributed by atoms with E-state index in [2.05, 4.69) is 18.9 Å². The second kappa shape index (κ2) is 8.37. The van der Waals surface area contributed by atoms with Gasteiger partial charge in [-0.15, -0.1) is 0 Å². The van der Waals surface area contributed by atoms with Crippen molar-refractivity contribution in [3.05, 3.63) is 49.5 Å². The zero-order valence-corrected chi connectivity index (χ0v) is 16.9. The molecule has 0 atom stereocenters. The summed E-state index contributed by atoms with van der Waals surface area (Å²) in [5.41, 5.74) is 2.56. The second-order valence-electron chi connectivity index (χ2n) is 7.26. The van der Waals surface area contributed by atoms with E-state index in [1.165, 1.54) is 17.7 Å². The van der Waals surface area contributed by atoms with Gasteiger partial charge < -0.3 is 4.74 Å². The number of rotatable bonds is 7. The largest absolute Gasteiger partial charge is 0.459 e. The first kappa shape index (κ1) is 20.7. The van der Waals surface area contributed by atoms with Gasteiger partial charge in [-0.05, 0) is 31.7 Å². The van der Waals surface area contributed by atoms with Gasteiger partial charge in [-0.1, -0.05) is 13.8 Å². The van der Waals surface area contributed by atoms with Crippen molar-refractivity contribution in [2.45, 2.75) is 53.7 Å². The fourth-order valence-corrected chi connectivity index (χ4v) is 2.99. The van der Waals surface area contributed by atoms with Crippen LogP contribution in [-0.2, 0) is 43.2 Å². The number of aromatic nitrogens is 4. The SMILES string of the molecule is Cc1nn(CC(C)C)c(C)c1CCC(=O)OCc1cc(=O)n(C)c(=O)n1C. The van der Waals surface area contributed by atoms with Gasteiger partial charge in [0.15, 0.2) is 0 Å². The summed E-state index contributed by atoms with van der Waals surface area (Å²) >= 11 is 0. The van der Waals surface area contributed by atoms with Gasteiger partial charge in [0.05, 0.1) is 11.4 Å². The Morgan fingerprint density at radius 3 is 2.48 bits per heavy atom. The molecule has 27 heavy (non-hydrogen) atoms. The minimum Gasteiger partial charge on any atom is -0.459 e. The Labute approximate surface area is 158 Å². The van der Waals surface area contributed by atoms with Gasteiger partial charge in [0, 0.05) is 38.8 Å². The van der Waals surface area contributed by atoms with Crippen LogP contribution in [-0.4, -0.2) is 24.9 Å². The molecule has 0 bridgehead atoms. The molecular formula is C19H28N4O4. The van der Waals surface area contributed by atoms with E-state index in [0.29, 0.717) is 18.0 Å². The molecule has 148 valence electrons. The van der Waals surface area contributed by atoms with Gasteiger partial charge in [0.1, 0.15) is 6.61 Å². The van der Waals surface area contributed by atoms with E-state index < -0.39 is 11.2 Å². The summed E-state index contributed by atoms with van der Waals surface area (Å²) in [6.45, 7) is 8.97. The molecule has 0 N–H and O–H groups in total. The summed E-state index contributed by atoms with van der Waals surface area (Å²) in [5, 5.41) is 4.55. The molecule has 2 aromatic heterocycles. The summed E-state index contributed by atoms with van der Waals surface area (Å²) in [5.74, 6) is 0.115. The van der Waals surface area contributed by atoms with E-state index in [4.69, 9.17) is 4.74 Å². The summed E-state index contributed by atoms with van der Waals surface area (Å²) in [7, 11) is 2.95. The van der Waals surface area contributed by atoms with E-state index in [9.17, 15) is 14.4 Å². The molecule has 0 saturated carbocycles. The highest BCUT2D eigenvalue weighted by atomic mass is 16.5.